The van der Waals surface area contributed by atoms with Crippen LogP contribution in [0, 0.1) is 11.8 Å². The van der Waals surface area contributed by atoms with Crippen molar-refractivity contribution in [1.82, 2.24) is 5.32 Å². The first kappa shape index (κ1) is 13.3. The first-order chi connectivity index (χ1) is 9.63. The summed E-state index contributed by atoms with van der Waals surface area (Å²) in [5.74, 6) is 1.91. The summed E-state index contributed by atoms with van der Waals surface area (Å²) in [5.41, 5.74) is 2.49. The smallest absolute Gasteiger partial charge is 0.0195 e. The molecule has 0 aromatic heterocycles. The Morgan fingerprint density at radius 3 is 2.60 bits per heavy atom. The number of benzene rings is 1. The largest absolute Gasteiger partial charge is 0.311 e. The molecule has 2 atom stereocenters. The van der Waals surface area contributed by atoms with Gasteiger partial charge in [0.1, 0.15) is 0 Å². The van der Waals surface area contributed by atoms with E-state index < -0.39 is 0 Å². The molecule has 0 saturated heterocycles. The highest BCUT2D eigenvalue weighted by molar-refractivity contribution is 9.10. The van der Waals surface area contributed by atoms with E-state index in [1.54, 1.807) is 5.56 Å². The molecule has 0 radical (unpaired) electrons. The van der Waals surface area contributed by atoms with Gasteiger partial charge in [0, 0.05) is 10.0 Å². The minimum atomic E-state index is 0.446. The zero-order valence-electron chi connectivity index (χ0n) is 12.3. The molecule has 4 bridgehead atoms. The molecular weight excluding hydrogens is 310 g/mol. The van der Waals surface area contributed by atoms with E-state index in [4.69, 9.17) is 0 Å². The van der Waals surface area contributed by atoms with Gasteiger partial charge in [0.25, 0.3) is 0 Å². The third-order valence-corrected chi connectivity index (χ3v) is 6.54. The lowest BCUT2D eigenvalue weighted by atomic mass is 9.45. The van der Waals surface area contributed by atoms with E-state index in [0.29, 0.717) is 11.0 Å². The highest BCUT2D eigenvalue weighted by Crippen LogP contribution is 2.62. The monoisotopic (exact) mass is 333 g/mol. The van der Waals surface area contributed by atoms with Crippen LogP contribution in [-0.4, -0.2) is 12.1 Å². The second-order valence-electron chi connectivity index (χ2n) is 7.56. The molecule has 2 heteroatoms. The molecule has 1 nitrogen and oxygen atoms in total. The van der Waals surface area contributed by atoms with Crippen LogP contribution in [-0.2, 0) is 5.41 Å². The molecule has 108 valence electrons. The summed E-state index contributed by atoms with van der Waals surface area (Å²) in [7, 11) is 0. The van der Waals surface area contributed by atoms with E-state index in [-0.39, 0.29) is 0 Å². The minimum Gasteiger partial charge on any atom is -0.311 e. The van der Waals surface area contributed by atoms with E-state index in [1.165, 1.54) is 43.0 Å². The maximum Gasteiger partial charge on any atom is 0.0195 e. The van der Waals surface area contributed by atoms with Gasteiger partial charge in [0.2, 0.25) is 0 Å². The lowest BCUT2D eigenvalue weighted by Crippen LogP contribution is -2.63. The summed E-state index contributed by atoms with van der Waals surface area (Å²) < 4.78 is 1.24. The van der Waals surface area contributed by atoms with Gasteiger partial charge in [-0.3, -0.25) is 0 Å². The first-order valence-electron chi connectivity index (χ1n) is 8.14. The average Bonchev–Trinajstić information content (AvgIpc) is 2.37. The Morgan fingerprint density at radius 2 is 1.95 bits per heavy atom. The fourth-order valence-corrected chi connectivity index (χ4v) is 6.40. The zero-order valence-corrected chi connectivity index (χ0v) is 13.9. The third kappa shape index (κ3) is 1.99. The number of hydrogen-bond acceptors (Lipinski definition) is 1. The van der Waals surface area contributed by atoms with Crippen molar-refractivity contribution in [2.24, 2.45) is 11.8 Å². The summed E-state index contributed by atoms with van der Waals surface area (Å²) in [4.78, 5) is 0. The Labute approximate surface area is 130 Å². The number of halogens is 1. The molecule has 0 aliphatic heterocycles. The van der Waals surface area contributed by atoms with Gasteiger partial charge in [-0.15, -0.1) is 0 Å². The van der Waals surface area contributed by atoms with Gasteiger partial charge in [0.15, 0.2) is 0 Å². The number of nitrogens with one attached hydrogen (secondary N) is 1. The predicted molar refractivity (Wildman–Crippen MR) is 86.9 cm³/mol. The van der Waals surface area contributed by atoms with E-state index in [2.05, 4.69) is 52.4 Å². The second-order valence-corrected chi connectivity index (χ2v) is 8.48. The Bertz CT molecular complexity index is 510. The number of rotatable bonds is 3. The Morgan fingerprint density at radius 1 is 1.20 bits per heavy atom. The molecule has 0 heterocycles. The molecule has 4 aliphatic carbocycles. The molecule has 20 heavy (non-hydrogen) atoms. The quantitative estimate of drug-likeness (QED) is 0.848. The van der Waals surface area contributed by atoms with Crippen molar-refractivity contribution in [3.8, 4) is 0 Å². The van der Waals surface area contributed by atoms with Crippen LogP contribution in [0.5, 0.6) is 0 Å². The predicted octanol–water partition coefficient (Wildman–Crippen LogP) is 4.65. The van der Waals surface area contributed by atoms with Crippen LogP contribution in [0.1, 0.15) is 51.0 Å². The van der Waals surface area contributed by atoms with Crippen LogP contribution in [0.2, 0.25) is 0 Å². The molecule has 0 amide bonds. The fraction of sp³-hybridized carbons (Fsp3) is 0.667. The topological polar surface area (TPSA) is 12.0 Å². The van der Waals surface area contributed by atoms with Gasteiger partial charge >= 0.3 is 0 Å². The van der Waals surface area contributed by atoms with E-state index >= 15 is 0 Å². The van der Waals surface area contributed by atoms with E-state index in [0.717, 1.165) is 18.4 Å². The first-order valence-corrected chi connectivity index (χ1v) is 8.93. The molecule has 4 fully saturated rings. The lowest BCUT2D eigenvalue weighted by molar-refractivity contribution is -0.0399. The minimum absolute atomic E-state index is 0.446. The molecule has 2 unspecified atom stereocenters. The van der Waals surface area contributed by atoms with Crippen molar-refractivity contribution < 1.29 is 0 Å². The lowest BCUT2D eigenvalue weighted by Gasteiger charge is -2.62. The summed E-state index contributed by atoms with van der Waals surface area (Å²) >= 11 is 3.67. The number of hydrogen-bond donors (Lipinski definition) is 1. The second kappa shape index (κ2) is 4.58. The van der Waals surface area contributed by atoms with Gasteiger partial charge in [-0.05, 0) is 80.0 Å². The van der Waals surface area contributed by atoms with Crippen molar-refractivity contribution in [3.05, 3.63) is 34.3 Å². The normalized spacial score (nSPS) is 42.1. The van der Waals surface area contributed by atoms with Crippen molar-refractivity contribution in [2.75, 3.05) is 6.54 Å². The summed E-state index contributed by atoms with van der Waals surface area (Å²) in [6.07, 6.45) is 8.54. The average molecular weight is 334 g/mol. The summed E-state index contributed by atoms with van der Waals surface area (Å²) in [6, 6.07) is 9.13. The van der Waals surface area contributed by atoms with Gasteiger partial charge in [-0.1, -0.05) is 35.0 Å². The van der Waals surface area contributed by atoms with Gasteiger partial charge in [-0.2, -0.15) is 0 Å². The Hall–Kier alpha value is -0.340. The van der Waals surface area contributed by atoms with Crippen LogP contribution in [0.25, 0.3) is 0 Å². The van der Waals surface area contributed by atoms with Crippen LogP contribution in [0.4, 0.5) is 0 Å². The molecule has 0 spiro atoms. The molecule has 4 aliphatic rings. The Balaban J connectivity index is 1.75. The van der Waals surface area contributed by atoms with Crippen molar-refractivity contribution in [1.29, 1.82) is 0 Å². The maximum absolute atomic E-state index is 3.89. The molecule has 1 aromatic rings. The fourth-order valence-electron chi connectivity index (χ4n) is 6.00. The molecule has 1 N–H and O–H groups in total. The van der Waals surface area contributed by atoms with Crippen LogP contribution in [0.3, 0.4) is 0 Å². The van der Waals surface area contributed by atoms with Crippen molar-refractivity contribution in [2.45, 2.75) is 56.4 Å². The SMILES string of the molecule is CCNC12CC3CC(C1)CC(c1cccc(Br)c1)(C3)C2. The van der Waals surface area contributed by atoms with Gasteiger partial charge < -0.3 is 5.32 Å². The van der Waals surface area contributed by atoms with E-state index in [1.807, 2.05) is 0 Å². The molecule has 1 aromatic carbocycles. The van der Waals surface area contributed by atoms with Crippen molar-refractivity contribution in [3.63, 3.8) is 0 Å². The van der Waals surface area contributed by atoms with Crippen LogP contribution >= 0.6 is 15.9 Å². The third-order valence-electron chi connectivity index (χ3n) is 6.05. The molecule has 4 saturated carbocycles. The summed E-state index contributed by atoms with van der Waals surface area (Å²) in [6.45, 7) is 3.39. The molecular formula is C18H24BrN. The summed E-state index contributed by atoms with van der Waals surface area (Å²) in [5, 5.41) is 3.89. The zero-order chi connectivity index (χ0) is 13.8. The van der Waals surface area contributed by atoms with Crippen molar-refractivity contribution >= 4 is 15.9 Å². The standard InChI is InChI=1S/C18H24BrN/c1-2-20-18-10-13-6-14(11-18)9-17(8-13,12-18)15-4-3-5-16(19)7-15/h3-5,7,13-14,20H,2,6,8-12H2,1H3. The molecule has 5 rings (SSSR count). The van der Waals surface area contributed by atoms with E-state index in [9.17, 15) is 0 Å². The van der Waals surface area contributed by atoms with Gasteiger partial charge in [0.05, 0.1) is 0 Å². The highest BCUT2D eigenvalue weighted by atomic mass is 79.9. The maximum atomic E-state index is 3.89. The van der Waals surface area contributed by atoms with Crippen LogP contribution in [0.15, 0.2) is 28.7 Å². The van der Waals surface area contributed by atoms with Gasteiger partial charge in [-0.25, -0.2) is 0 Å². The Kier molecular flexibility index (Phi) is 3.05. The van der Waals surface area contributed by atoms with Crippen LogP contribution < -0.4 is 5.32 Å². The highest BCUT2D eigenvalue weighted by Gasteiger charge is 2.57.